The Morgan fingerprint density at radius 3 is 2.50 bits per heavy atom. The number of carbonyl (C=O) groups is 1. The molecular weight excluding hydrogens is 394 g/mol. The molecular formula is C16H14Cl2F3N3O2. The van der Waals surface area contributed by atoms with Crippen LogP contribution in [0, 0.1) is 0 Å². The Bertz CT molecular complexity index is 802. The van der Waals surface area contributed by atoms with Crippen molar-refractivity contribution in [2.75, 3.05) is 19.6 Å². The van der Waals surface area contributed by atoms with Gasteiger partial charge in [0.1, 0.15) is 0 Å². The molecule has 0 amide bonds. The summed E-state index contributed by atoms with van der Waals surface area (Å²) in [5.41, 5.74) is 0.393. The molecule has 0 spiro atoms. The largest absolute Gasteiger partial charge is 0.470 e. The van der Waals surface area contributed by atoms with Gasteiger partial charge in [0.2, 0.25) is 5.89 Å². The van der Waals surface area contributed by atoms with E-state index in [1.807, 2.05) is 4.90 Å². The molecule has 1 aromatic heterocycles. The topological polar surface area (TPSA) is 59.2 Å². The lowest BCUT2D eigenvalue weighted by molar-refractivity contribution is -0.157. The monoisotopic (exact) mass is 407 g/mol. The summed E-state index contributed by atoms with van der Waals surface area (Å²) in [4.78, 5) is 14.3. The molecule has 2 heterocycles. The van der Waals surface area contributed by atoms with E-state index in [-0.39, 0.29) is 24.1 Å². The van der Waals surface area contributed by atoms with Gasteiger partial charge in [-0.1, -0.05) is 23.2 Å². The van der Waals surface area contributed by atoms with Crippen molar-refractivity contribution >= 4 is 29.0 Å². The van der Waals surface area contributed by atoms with E-state index in [0.717, 1.165) is 0 Å². The molecule has 0 aliphatic carbocycles. The second-order valence-electron chi connectivity index (χ2n) is 6.04. The summed E-state index contributed by atoms with van der Waals surface area (Å²) in [7, 11) is 0. The summed E-state index contributed by atoms with van der Waals surface area (Å²) in [6, 6.07) is 4.69. The molecule has 0 radical (unpaired) electrons. The van der Waals surface area contributed by atoms with Crippen LogP contribution in [-0.4, -0.2) is 40.5 Å². The van der Waals surface area contributed by atoms with Gasteiger partial charge < -0.3 is 4.42 Å². The van der Waals surface area contributed by atoms with Gasteiger partial charge >= 0.3 is 12.1 Å². The summed E-state index contributed by atoms with van der Waals surface area (Å²) in [6.45, 7) is 1.24. The van der Waals surface area contributed by atoms with Gasteiger partial charge in [0.25, 0.3) is 0 Å². The number of Topliss-reactive ketones (excluding diaryl/α,β-unsaturated/α-hetero) is 1. The third kappa shape index (κ3) is 4.36. The van der Waals surface area contributed by atoms with Crippen LogP contribution in [0.25, 0.3) is 0 Å². The summed E-state index contributed by atoms with van der Waals surface area (Å²) >= 11 is 11.9. The van der Waals surface area contributed by atoms with E-state index < -0.39 is 12.1 Å². The van der Waals surface area contributed by atoms with Crippen molar-refractivity contribution in [3.8, 4) is 0 Å². The Balaban J connectivity index is 1.57. The Morgan fingerprint density at radius 1 is 1.23 bits per heavy atom. The summed E-state index contributed by atoms with van der Waals surface area (Å²) < 4.78 is 42.3. The quantitative estimate of drug-likeness (QED) is 0.700. The standard InChI is InChI=1S/C16H14Cl2F3N3O2/c17-10-1-2-11(12(18)7-10)13(25)8-24-5-3-9(4-6-24)14-22-23-15(26-14)16(19,20)21/h1-2,7,9H,3-6,8H2. The number of carbonyl (C=O) groups excluding carboxylic acids is 1. The summed E-state index contributed by atoms with van der Waals surface area (Å²) in [6.07, 6.45) is -3.58. The van der Waals surface area contributed by atoms with Crippen LogP contribution in [0.3, 0.4) is 0 Å². The van der Waals surface area contributed by atoms with Crippen LogP contribution in [-0.2, 0) is 6.18 Å². The van der Waals surface area contributed by atoms with E-state index in [4.69, 9.17) is 27.6 Å². The van der Waals surface area contributed by atoms with Crippen molar-refractivity contribution in [1.29, 1.82) is 0 Å². The number of alkyl halides is 3. The Labute approximate surface area is 157 Å². The normalized spacial score (nSPS) is 16.8. The van der Waals surface area contributed by atoms with E-state index in [9.17, 15) is 18.0 Å². The maximum atomic E-state index is 12.5. The summed E-state index contributed by atoms with van der Waals surface area (Å²) in [5.74, 6) is -1.72. The zero-order valence-corrected chi connectivity index (χ0v) is 14.9. The second-order valence-corrected chi connectivity index (χ2v) is 6.88. The van der Waals surface area contributed by atoms with Crippen molar-refractivity contribution in [2.45, 2.75) is 24.9 Å². The lowest BCUT2D eigenvalue weighted by atomic mass is 9.96. The highest BCUT2D eigenvalue weighted by Gasteiger charge is 2.39. The molecule has 0 bridgehead atoms. The van der Waals surface area contributed by atoms with Crippen molar-refractivity contribution in [1.82, 2.24) is 15.1 Å². The number of piperidine rings is 1. The lowest BCUT2D eigenvalue weighted by Crippen LogP contribution is -2.37. The molecule has 2 aromatic rings. The first-order valence-corrected chi connectivity index (χ1v) is 8.61. The minimum Gasteiger partial charge on any atom is -0.417 e. The number of ketones is 1. The van der Waals surface area contributed by atoms with Crippen LogP contribution in [0.5, 0.6) is 0 Å². The van der Waals surface area contributed by atoms with Crippen molar-refractivity contribution in [3.63, 3.8) is 0 Å². The fourth-order valence-corrected chi connectivity index (χ4v) is 3.37. The van der Waals surface area contributed by atoms with E-state index in [0.29, 0.717) is 41.5 Å². The van der Waals surface area contributed by atoms with E-state index in [1.54, 1.807) is 12.1 Å². The summed E-state index contributed by atoms with van der Waals surface area (Å²) in [5, 5.41) is 7.30. The van der Waals surface area contributed by atoms with Crippen molar-refractivity contribution in [2.24, 2.45) is 0 Å². The van der Waals surface area contributed by atoms with Gasteiger partial charge in [0.05, 0.1) is 11.6 Å². The third-order valence-corrected chi connectivity index (χ3v) is 4.77. The highest BCUT2D eigenvalue weighted by atomic mass is 35.5. The first-order chi connectivity index (χ1) is 12.2. The average molecular weight is 408 g/mol. The fourth-order valence-electron chi connectivity index (χ4n) is 2.86. The van der Waals surface area contributed by atoms with Gasteiger partial charge in [-0.05, 0) is 44.1 Å². The minimum atomic E-state index is -4.64. The molecule has 0 saturated carbocycles. The predicted molar refractivity (Wildman–Crippen MR) is 88.5 cm³/mol. The van der Waals surface area contributed by atoms with E-state index in [2.05, 4.69) is 10.2 Å². The zero-order chi connectivity index (χ0) is 18.9. The molecule has 10 heteroatoms. The van der Waals surface area contributed by atoms with Gasteiger partial charge in [-0.2, -0.15) is 13.2 Å². The van der Waals surface area contributed by atoms with Crippen LogP contribution in [0.4, 0.5) is 13.2 Å². The van der Waals surface area contributed by atoms with Crippen LogP contribution < -0.4 is 0 Å². The van der Waals surface area contributed by atoms with Gasteiger partial charge in [-0.25, -0.2) is 0 Å². The zero-order valence-electron chi connectivity index (χ0n) is 13.4. The number of likely N-dealkylation sites (tertiary alicyclic amines) is 1. The molecule has 0 unspecified atom stereocenters. The highest BCUT2D eigenvalue weighted by molar-refractivity contribution is 6.36. The highest BCUT2D eigenvalue weighted by Crippen LogP contribution is 2.32. The lowest BCUT2D eigenvalue weighted by Gasteiger charge is -2.29. The van der Waals surface area contributed by atoms with Crippen LogP contribution >= 0.6 is 23.2 Å². The van der Waals surface area contributed by atoms with Crippen LogP contribution in [0.15, 0.2) is 22.6 Å². The van der Waals surface area contributed by atoms with Gasteiger partial charge in [-0.3, -0.25) is 9.69 Å². The Morgan fingerprint density at radius 2 is 1.92 bits per heavy atom. The molecule has 1 aliphatic heterocycles. The number of nitrogens with zero attached hydrogens (tertiary/aromatic N) is 3. The average Bonchev–Trinajstić information content (AvgIpc) is 3.05. The molecule has 0 atom stereocenters. The molecule has 1 fully saturated rings. The van der Waals surface area contributed by atoms with Crippen LogP contribution in [0.2, 0.25) is 10.0 Å². The second kappa shape index (κ2) is 7.54. The van der Waals surface area contributed by atoms with Gasteiger partial charge in [-0.15, -0.1) is 10.2 Å². The molecule has 5 nitrogen and oxygen atoms in total. The first-order valence-electron chi connectivity index (χ1n) is 7.85. The SMILES string of the molecule is O=C(CN1CCC(c2nnc(C(F)(F)F)o2)CC1)c1ccc(Cl)cc1Cl. The molecule has 1 aliphatic rings. The minimum absolute atomic E-state index is 0.0101. The molecule has 26 heavy (non-hydrogen) atoms. The Kier molecular flexibility index (Phi) is 5.55. The first kappa shape index (κ1) is 19.1. The van der Waals surface area contributed by atoms with Crippen LogP contribution in [0.1, 0.15) is 40.9 Å². The third-order valence-electron chi connectivity index (χ3n) is 4.22. The molecule has 1 saturated heterocycles. The fraction of sp³-hybridized carbons (Fsp3) is 0.438. The number of rotatable bonds is 4. The number of hydrogen-bond donors (Lipinski definition) is 0. The van der Waals surface area contributed by atoms with Crippen molar-refractivity contribution in [3.05, 3.63) is 45.6 Å². The molecule has 3 rings (SSSR count). The van der Waals surface area contributed by atoms with Gasteiger partial charge in [0, 0.05) is 16.5 Å². The maximum absolute atomic E-state index is 12.5. The smallest absolute Gasteiger partial charge is 0.417 e. The molecule has 0 N–H and O–H groups in total. The number of halogens is 5. The number of benzene rings is 1. The number of aromatic nitrogens is 2. The molecule has 1 aromatic carbocycles. The van der Waals surface area contributed by atoms with E-state index in [1.165, 1.54) is 6.07 Å². The number of hydrogen-bond acceptors (Lipinski definition) is 5. The Hall–Kier alpha value is -1.64. The van der Waals surface area contributed by atoms with Crippen molar-refractivity contribution < 1.29 is 22.4 Å². The predicted octanol–water partition coefficient (Wildman–Crippen LogP) is 4.46. The maximum Gasteiger partial charge on any atom is 0.470 e. The van der Waals surface area contributed by atoms with E-state index >= 15 is 0 Å². The molecule has 140 valence electrons. The van der Waals surface area contributed by atoms with Gasteiger partial charge in [0.15, 0.2) is 5.78 Å².